The van der Waals surface area contributed by atoms with Crippen LogP contribution in [0.15, 0.2) is 34.9 Å². The first-order valence-electron chi connectivity index (χ1n) is 8.16. The molecule has 4 rings (SSSR count). The molecule has 0 atom stereocenters. The van der Waals surface area contributed by atoms with Crippen molar-refractivity contribution in [2.75, 3.05) is 19.3 Å². The molecule has 1 aliphatic heterocycles. The van der Waals surface area contributed by atoms with E-state index in [1.165, 1.54) is 34.6 Å². The molecule has 0 radical (unpaired) electrons. The van der Waals surface area contributed by atoms with Crippen LogP contribution >= 0.6 is 11.3 Å². The van der Waals surface area contributed by atoms with Crippen LogP contribution < -0.4 is 0 Å². The van der Waals surface area contributed by atoms with Gasteiger partial charge in [0, 0.05) is 25.3 Å². The third-order valence-electron chi connectivity index (χ3n) is 4.61. The van der Waals surface area contributed by atoms with Gasteiger partial charge in [0.15, 0.2) is 9.84 Å². The van der Waals surface area contributed by atoms with Crippen LogP contribution in [0.1, 0.15) is 34.1 Å². The molecule has 0 unspecified atom stereocenters. The molecular formula is C16H17N5O3S2. The van der Waals surface area contributed by atoms with Crippen molar-refractivity contribution in [3.8, 4) is 0 Å². The quantitative estimate of drug-likeness (QED) is 0.673. The van der Waals surface area contributed by atoms with E-state index in [-0.39, 0.29) is 16.7 Å². The van der Waals surface area contributed by atoms with Crippen molar-refractivity contribution in [1.82, 2.24) is 24.5 Å². The molecule has 0 saturated carbocycles. The lowest BCUT2D eigenvalue weighted by Crippen LogP contribution is -2.38. The van der Waals surface area contributed by atoms with Gasteiger partial charge in [0.25, 0.3) is 11.7 Å². The molecular weight excluding hydrogens is 374 g/mol. The smallest absolute Gasteiger partial charge is 0.263 e. The highest BCUT2D eigenvalue weighted by Gasteiger charge is 2.30. The van der Waals surface area contributed by atoms with Gasteiger partial charge in [-0.05, 0) is 24.3 Å². The van der Waals surface area contributed by atoms with Crippen LogP contribution in [-0.2, 0) is 9.84 Å². The van der Waals surface area contributed by atoms with Gasteiger partial charge in [-0.15, -0.1) is 11.3 Å². The lowest BCUT2D eigenvalue weighted by atomic mass is 9.93. The fourth-order valence-electron chi connectivity index (χ4n) is 3.35. The van der Waals surface area contributed by atoms with Crippen LogP contribution in [0.2, 0.25) is 0 Å². The van der Waals surface area contributed by atoms with E-state index < -0.39 is 9.84 Å². The van der Waals surface area contributed by atoms with Gasteiger partial charge in [-0.1, -0.05) is 6.07 Å². The van der Waals surface area contributed by atoms with Gasteiger partial charge in [0.2, 0.25) is 0 Å². The maximum atomic E-state index is 12.5. The largest absolute Gasteiger partial charge is 0.338 e. The number of carbonyl (C=O) groups is 1. The molecule has 10 heteroatoms. The number of thiophene rings is 1. The number of carbonyl (C=O) groups excluding carboxylic acids is 1. The second-order valence-electron chi connectivity index (χ2n) is 6.30. The van der Waals surface area contributed by atoms with E-state index in [0.717, 1.165) is 4.88 Å². The molecule has 0 aromatic carbocycles. The summed E-state index contributed by atoms with van der Waals surface area (Å²) in [7, 11) is -3.45. The molecule has 0 N–H and O–H groups in total. The fraction of sp³-hybridized carbons (Fsp3) is 0.375. The summed E-state index contributed by atoms with van der Waals surface area (Å²) in [5, 5.41) is 6.05. The molecule has 136 valence electrons. The highest BCUT2D eigenvalue weighted by atomic mass is 32.2. The molecule has 0 bridgehead atoms. The average molecular weight is 391 g/mol. The zero-order valence-corrected chi connectivity index (χ0v) is 15.7. The van der Waals surface area contributed by atoms with Crippen molar-refractivity contribution in [2.24, 2.45) is 0 Å². The Bertz CT molecular complexity index is 1050. The number of hydrogen-bond donors (Lipinski definition) is 0. The van der Waals surface area contributed by atoms with Gasteiger partial charge < -0.3 is 4.90 Å². The Morgan fingerprint density at radius 2 is 2.04 bits per heavy atom. The van der Waals surface area contributed by atoms with Gasteiger partial charge in [0.05, 0.1) is 16.8 Å². The summed E-state index contributed by atoms with van der Waals surface area (Å²) in [5.74, 6) is 0.381. The van der Waals surface area contributed by atoms with E-state index in [1.54, 1.807) is 0 Å². The molecule has 1 saturated heterocycles. The van der Waals surface area contributed by atoms with Gasteiger partial charge in [0.1, 0.15) is 11.2 Å². The lowest BCUT2D eigenvalue weighted by Gasteiger charge is -2.32. The molecule has 0 aliphatic carbocycles. The van der Waals surface area contributed by atoms with E-state index >= 15 is 0 Å². The Balaban J connectivity index is 1.64. The first kappa shape index (κ1) is 17.1. The SMILES string of the molecule is CS(=O)(=O)c1cnc2ncnn2c1C1CCN(C(=O)c2cccs2)CC1. The standard InChI is InChI=1S/C16H17N5O3S2/c1-26(23,24)13-9-17-16-18-10-19-21(16)14(13)11-4-6-20(7-5-11)15(22)12-3-2-8-25-12/h2-3,8-11H,4-7H2,1H3. The first-order chi connectivity index (χ1) is 12.4. The molecule has 1 aliphatic rings. The summed E-state index contributed by atoms with van der Waals surface area (Å²) in [6.07, 6.45) is 5.23. The molecule has 1 amide bonds. The maximum absolute atomic E-state index is 12.5. The predicted molar refractivity (Wildman–Crippen MR) is 96.1 cm³/mol. The van der Waals surface area contributed by atoms with Crippen LogP contribution in [0.3, 0.4) is 0 Å². The van der Waals surface area contributed by atoms with Crippen molar-refractivity contribution in [1.29, 1.82) is 0 Å². The number of rotatable bonds is 3. The third-order valence-corrected chi connectivity index (χ3v) is 6.58. The number of aromatic nitrogens is 4. The van der Waals surface area contributed by atoms with Crippen molar-refractivity contribution in [3.63, 3.8) is 0 Å². The average Bonchev–Trinajstić information content (AvgIpc) is 3.31. The van der Waals surface area contributed by atoms with E-state index in [1.807, 2.05) is 22.4 Å². The van der Waals surface area contributed by atoms with Crippen molar-refractivity contribution in [3.05, 3.63) is 40.6 Å². The second kappa shape index (κ2) is 6.44. The van der Waals surface area contributed by atoms with E-state index in [4.69, 9.17) is 0 Å². The second-order valence-corrected chi connectivity index (χ2v) is 9.23. The predicted octanol–water partition coefficient (Wildman–Crippen LogP) is 1.61. The van der Waals surface area contributed by atoms with Gasteiger partial charge >= 0.3 is 0 Å². The Labute approximate surface area is 154 Å². The summed E-state index contributed by atoms with van der Waals surface area (Å²) in [5.41, 5.74) is 0.609. The Hall–Kier alpha value is -2.33. The number of fused-ring (bicyclic) bond motifs is 1. The van der Waals surface area contributed by atoms with Crippen LogP contribution in [0.5, 0.6) is 0 Å². The van der Waals surface area contributed by atoms with Gasteiger partial charge in [-0.25, -0.2) is 13.4 Å². The molecule has 3 aromatic heterocycles. The van der Waals surface area contributed by atoms with Crippen LogP contribution in [0, 0.1) is 0 Å². The van der Waals surface area contributed by atoms with Crippen molar-refractivity contribution < 1.29 is 13.2 Å². The third kappa shape index (κ3) is 2.99. The zero-order valence-electron chi connectivity index (χ0n) is 14.1. The molecule has 3 aromatic rings. The minimum atomic E-state index is -3.45. The van der Waals surface area contributed by atoms with Crippen LogP contribution in [-0.4, -0.2) is 58.2 Å². The van der Waals surface area contributed by atoms with E-state index in [0.29, 0.717) is 37.4 Å². The highest BCUT2D eigenvalue weighted by molar-refractivity contribution is 7.90. The summed E-state index contributed by atoms with van der Waals surface area (Å²) in [6, 6.07) is 3.68. The minimum Gasteiger partial charge on any atom is -0.338 e. The van der Waals surface area contributed by atoms with Crippen LogP contribution in [0.4, 0.5) is 0 Å². The zero-order chi connectivity index (χ0) is 18.3. The number of nitrogens with zero attached hydrogens (tertiary/aromatic N) is 5. The number of sulfone groups is 1. The summed E-state index contributed by atoms with van der Waals surface area (Å²) in [6.45, 7) is 1.15. The fourth-order valence-corrected chi connectivity index (χ4v) is 4.92. The summed E-state index contributed by atoms with van der Waals surface area (Å²) in [4.78, 5) is 23.4. The highest BCUT2D eigenvalue weighted by Crippen LogP contribution is 2.32. The molecule has 4 heterocycles. The normalized spacial score (nSPS) is 16.3. The Morgan fingerprint density at radius 3 is 2.69 bits per heavy atom. The first-order valence-corrected chi connectivity index (χ1v) is 10.9. The summed E-state index contributed by atoms with van der Waals surface area (Å²) < 4.78 is 26.0. The number of piperidine rings is 1. The topological polar surface area (TPSA) is 97.5 Å². The number of hydrogen-bond acceptors (Lipinski definition) is 7. The monoisotopic (exact) mass is 391 g/mol. The Morgan fingerprint density at radius 1 is 1.27 bits per heavy atom. The molecule has 0 spiro atoms. The van der Waals surface area contributed by atoms with Crippen molar-refractivity contribution >= 4 is 32.9 Å². The lowest BCUT2D eigenvalue weighted by molar-refractivity contribution is 0.0716. The number of amides is 1. The maximum Gasteiger partial charge on any atom is 0.263 e. The molecule has 1 fully saturated rings. The van der Waals surface area contributed by atoms with Gasteiger partial charge in [-0.3, -0.25) is 4.79 Å². The van der Waals surface area contributed by atoms with E-state index in [9.17, 15) is 13.2 Å². The summed E-state index contributed by atoms with van der Waals surface area (Å²) >= 11 is 1.43. The number of likely N-dealkylation sites (tertiary alicyclic amines) is 1. The molecule has 8 nitrogen and oxygen atoms in total. The van der Waals surface area contributed by atoms with Crippen molar-refractivity contribution in [2.45, 2.75) is 23.7 Å². The van der Waals surface area contributed by atoms with Crippen LogP contribution in [0.25, 0.3) is 5.78 Å². The Kier molecular flexibility index (Phi) is 4.23. The molecule has 26 heavy (non-hydrogen) atoms. The minimum absolute atomic E-state index is 0.0284. The van der Waals surface area contributed by atoms with E-state index in [2.05, 4.69) is 15.1 Å². The van der Waals surface area contributed by atoms with Gasteiger partial charge in [-0.2, -0.15) is 14.6 Å².